The van der Waals surface area contributed by atoms with Gasteiger partial charge >= 0.3 is 0 Å². The molecule has 0 spiro atoms. The topological polar surface area (TPSA) is 189 Å². The van der Waals surface area contributed by atoms with Gasteiger partial charge in [0.1, 0.15) is 53.6 Å². The summed E-state index contributed by atoms with van der Waals surface area (Å²) in [7, 11) is 4.20. The number of fused-ring (bicyclic) bond motifs is 5. The SMILES string of the molecule is COc1cc2c3c(O)c(c(C)cc3c1)C(=O)CCSSC[C@@H]1[C@H](CC=O)[C@@H](N)C=C[C@]1(O)[C@H]1O[C@H](O2)[C@H](O)[C@@H](O)[C@@H]1O. The zero-order valence-corrected chi connectivity index (χ0v) is 24.7. The molecule has 42 heavy (non-hydrogen) atoms. The van der Waals surface area contributed by atoms with Crippen LogP contribution in [0.25, 0.3) is 10.8 Å². The average Bonchev–Trinajstić information content (AvgIpc) is 2.95. The fraction of sp³-hybridized carbons (Fsp3) is 0.517. The third kappa shape index (κ3) is 5.41. The highest BCUT2D eigenvalue weighted by Gasteiger charge is 2.58. The van der Waals surface area contributed by atoms with Crippen LogP contribution in [0.2, 0.25) is 0 Å². The highest BCUT2D eigenvalue weighted by molar-refractivity contribution is 8.76. The molecule has 0 radical (unpaired) electrons. The number of aromatic hydroxyl groups is 1. The number of phenols is 1. The fourth-order valence-electron chi connectivity index (χ4n) is 6.19. The number of Topliss-reactive ketones (excluding diaryl/α,β-unsaturated/α-hetero) is 1. The third-order valence-corrected chi connectivity index (χ3v) is 10.9. The van der Waals surface area contributed by atoms with Gasteiger partial charge in [-0.1, -0.05) is 39.8 Å². The molecule has 0 aromatic heterocycles. The number of rotatable bonds is 3. The van der Waals surface area contributed by atoms with Crippen LogP contribution >= 0.6 is 21.6 Å². The number of carbonyl (C=O) groups excluding carboxylic acids is 2. The van der Waals surface area contributed by atoms with Crippen molar-refractivity contribution in [2.45, 2.75) is 62.1 Å². The molecule has 5 rings (SSSR count). The summed E-state index contributed by atoms with van der Waals surface area (Å²) in [4.78, 5) is 24.9. The van der Waals surface area contributed by atoms with Gasteiger partial charge in [-0.05, 0) is 29.9 Å². The van der Waals surface area contributed by atoms with E-state index < -0.39 is 54.2 Å². The van der Waals surface area contributed by atoms with E-state index in [1.807, 2.05) is 0 Å². The minimum Gasteiger partial charge on any atom is -0.506 e. The first-order chi connectivity index (χ1) is 20.0. The third-order valence-electron chi connectivity index (χ3n) is 8.43. The molecular weight excluding hydrogens is 586 g/mol. The monoisotopic (exact) mass is 621 g/mol. The van der Waals surface area contributed by atoms with Crippen LogP contribution < -0.4 is 15.2 Å². The molecule has 1 fully saturated rings. The summed E-state index contributed by atoms with van der Waals surface area (Å²) in [5.74, 6) is -0.828. The highest BCUT2D eigenvalue weighted by atomic mass is 33.1. The molecule has 1 saturated heterocycles. The number of benzene rings is 2. The quantitative estimate of drug-likeness (QED) is 0.164. The van der Waals surface area contributed by atoms with Crippen LogP contribution in [0.4, 0.5) is 0 Å². The lowest BCUT2D eigenvalue weighted by atomic mass is 9.66. The predicted molar refractivity (Wildman–Crippen MR) is 158 cm³/mol. The van der Waals surface area contributed by atoms with Crippen molar-refractivity contribution in [3.8, 4) is 17.2 Å². The molecule has 228 valence electrons. The maximum absolute atomic E-state index is 13.3. The zero-order valence-electron chi connectivity index (χ0n) is 23.1. The smallest absolute Gasteiger partial charge is 0.229 e. The molecule has 4 bridgehead atoms. The molecule has 0 amide bonds. The number of methoxy groups -OCH3 is 1. The Kier molecular flexibility index (Phi) is 9.12. The molecule has 2 heterocycles. The van der Waals surface area contributed by atoms with Gasteiger partial charge in [-0.15, -0.1) is 0 Å². The maximum Gasteiger partial charge on any atom is 0.229 e. The number of nitrogens with two attached hydrogens (primary N) is 1. The minimum absolute atomic E-state index is 0.0112. The van der Waals surface area contributed by atoms with Crippen LogP contribution in [0.15, 0.2) is 30.4 Å². The van der Waals surface area contributed by atoms with Gasteiger partial charge in [-0.2, -0.15) is 0 Å². The number of hydrogen-bond donors (Lipinski definition) is 6. The second kappa shape index (κ2) is 12.3. The van der Waals surface area contributed by atoms with Gasteiger partial charge in [0.05, 0.1) is 18.1 Å². The van der Waals surface area contributed by atoms with Crippen molar-refractivity contribution in [3.05, 3.63) is 41.5 Å². The van der Waals surface area contributed by atoms with Crippen molar-refractivity contribution in [2.24, 2.45) is 17.6 Å². The van der Waals surface area contributed by atoms with E-state index in [1.165, 1.54) is 40.8 Å². The Hall–Kier alpha value is -2.36. The first-order valence-electron chi connectivity index (χ1n) is 13.6. The van der Waals surface area contributed by atoms with Crippen LogP contribution in [-0.4, -0.2) is 98.6 Å². The Bertz CT molecular complexity index is 1390. The number of ether oxygens (including phenoxy) is 3. The van der Waals surface area contributed by atoms with Gasteiger partial charge in [0.2, 0.25) is 6.29 Å². The summed E-state index contributed by atoms with van der Waals surface area (Å²) in [6, 6.07) is 4.26. The van der Waals surface area contributed by atoms with E-state index in [0.717, 1.165) is 6.29 Å². The molecule has 3 aliphatic rings. The number of aryl methyl sites for hydroxylation is 1. The summed E-state index contributed by atoms with van der Waals surface area (Å²) in [6.45, 7) is 1.72. The molecule has 0 saturated carbocycles. The standard InChI is InChI=1S/C29H35NO10S2/c1-13-9-14-10-15(38-2)11-20-22(14)23(33)21(13)19(32)5-8-41-42-12-17-16(4-7-31)18(30)3-6-29(17,37)27-25(35)24(34)26(36)28(39-20)40-27/h3,6-7,9-11,16-18,24-28,33-37H,4-5,8,12,30H2,1-2H3/t16-,17+,18-,24-,25-,26+,27-,28-,29+/m0/s1. The van der Waals surface area contributed by atoms with Gasteiger partial charge < -0.3 is 50.3 Å². The Morgan fingerprint density at radius 2 is 1.93 bits per heavy atom. The number of aliphatic hydroxyl groups is 4. The van der Waals surface area contributed by atoms with Gasteiger partial charge in [-0.3, -0.25) is 4.79 Å². The average molecular weight is 622 g/mol. The van der Waals surface area contributed by atoms with Crippen LogP contribution in [0, 0.1) is 18.8 Å². The molecule has 7 N–H and O–H groups in total. The van der Waals surface area contributed by atoms with Gasteiger partial charge in [-0.25, -0.2) is 0 Å². The predicted octanol–water partition coefficient (Wildman–Crippen LogP) is 1.47. The van der Waals surface area contributed by atoms with E-state index in [-0.39, 0.29) is 46.8 Å². The number of aliphatic hydroxyl groups excluding tert-OH is 3. The molecule has 0 unspecified atom stereocenters. The molecule has 13 heteroatoms. The first-order valence-corrected chi connectivity index (χ1v) is 16.1. The Balaban J connectivity index is 1.67. The lowest BCUT2D eigenvalue weighted by molar-refractivity contribution is -0.305. The number of hydrogen-bond acceptors (Lipinski definition) is 13. The Morgan fingerprint density at radius 1 is 1.17 bits per heavy atom. The van der Waals surface area contributed by atoms with E-state index in [4.69, 9.17) is 19.9 Å². The normalized spacial score (nSPS) is 35.5. The fourth-order valence-corrected chi connectivity index (χ4v) is 8.66. The highest BCUT2D eigenvalue weighted by Crippen LogP contribution is 2.47. The van der Waals surface area contributed by atoms with Gasteiger partial charge in [0.25, 0.3) is 0 Å². The van der Waals surface area contributed by atoms with Crippen molar-refractivity contribution < 1.29 is 49.3 Å². The minimum atomic E-state index is -1.92. The Labute approximate surface area is 250 Å². The maximum atomic E-state index is 13.3. The van der Waals surface area contributed by atoms with Crippen molar-refractivity contribution in [3.63, 3.8) is 0 Å². The van der Waals surface area contributed by atoms with Crippen LogP contribution in [0.5, 0.6) is 17.2 Å². The van der Waals surface area contributed by atoms with Crippen molar-refractivity contribution >= 4 is 44.4 Å². The number of carbonyl (C=O) groups is 2. The van der Waals surface area contributed by atoms with E-state index in [9.17, 15) is 35.1 Å². The molecule has 11 nitrogen and oxygen atoms in total. The zero-order chi connectivity index (χ0) is 30.3. The molecule has 2 aromatic rings. The second-order valence-electron chi connectivity index (χ2n) is 10.9. The molecule has 9 atom stereocenters. The number of phenolic OH excluding ortho intramolecular Hbond substituents is 1. The number of ketones is 1. The molecular formula is C29H35NO10S2. The summed E-state index contributed by atoms with van der Waals surface area (Å²) < 4.78 is 17.6. The number of aldehydes is 1. The summed E-state index contributed by atoms with van der Waals surface area (Å²) in [6.07, 6.45) is -4.59. The molecule has 1 aliphatic carbocycles. The summed E-state index contributed by atoms with van der Waals surface area (Å²) in [5.41, 5.74) is 5.09. The van der Waals surface area contributed by atoms with Gasteiger partial charge in [0.15, 0.2) is 5.78 Å². The van der Waals surface area contributed by atoms with E-state index in [1.54, 1.807) is 25.1 Å². The van der Waals surface area contributed by atoms with E-state index >= 15 is 0 Å². The molecule has 2 aromatic carbocycles. The largest absolute Gasteiger partial charge is 0.506 e. The second-order valence-corrected chi connectivity index (χ2v) is 13.6. The summed E-state index contributed by atoms with van der Waals surface area (Å²) >= 11 is 0. The van der Waals surface area contributed by atoms with Crippen molar-refractivity contribution in [1.29, 1.82) is 0 Å². The first kappa shape index (κ1) is 31.1. The van der Waals surface area contributed by atoms with Crippen LogP contribution in [0.3, 0.4) is 0 Å². The van der Waals surface area contributed by atoms with E-state index in [0.29, 0.717) is 22.5 Å². The van der Waals surface area contributed by atoms with Crippen molar-refractivity contribution in [1.82, 2.24) is 0 Å². The van der Waals surface area contributed by atoms with E-state index in [2.05, 4.69) is 0 Å². The lowest BCUT2D eigenvalue weighted by Gasteiger charge is -2.51. The van der Waals surface area contributed by atoms with Gasteiger partial charge in [0, 0.05) is 42.4 Å². The van der Waals surface area contributed by atoms with Crippen LogP contribution in [0.1, 0.15) is 28.8 Å². The summed E-state index contributed by atoms with van der Waals surface area (Å²) in [5, 5.41) is 57.1. The lowest BCUT2D eigenvalue weighted by Crippen LogP contribution is -2.69. The van der Waals surface area contributed by atoms with Crippen molar-refractivity contribution in [2.75, 3.05) is 18.6 Å². The molecule has 2 aliphatic heterocycles. The van der Waals surface area contributed by atoms with Crippen LogP contribution in [-0.2, 0) is 9.53 Å². The Morgan fingerprint density at radius 3 is 2.64 bits per heavy atom.